The van der Waals surface area contributed by atoms with E-state index in [-0.39, 0.29) is 10.8 Å². The molecule has 4 rings (SSSR count). The van der Waals surface area contributed by atoms with E-state index in [1.165, 1.54) is 16.7 Å². The normalized spacial score (nSPS) is 13.3. The second kappa shape index (κ2) is 7.18. The van der Waals surface area contributed by atoms with Crippen LogP contribution in [0.15, 0.2) is 48.0 Å². The van der Waals surface area contributed by atoms with Crippen molar-refractivity contribution in [3.8, 4) is 0 Å². The average Bonchev–Trinajstić information content (AvgIpc) is 3.08. The largest absolute Gasteiger partial charge is 0.244 e. The summed E-state index contributed by atoms with van der Waals surface area (Å²) in [6, 6.07) is 8.57. The maximum absolute atomic E-state index is 4.33. The first kappa shape index (κ1) is 19.2. The van der Waals surface area contributed by atoms with Crippen molar-refractivity contribution in [1.82, 2.24) is 15.0 Å². The van der Waals surface area contributed by atoms with E-state index < -0.39 is 0 Å². The van der Waals surface area contributed by atoms with Gasteiger partial charge in [0.25, 0.3) is 0 Å². The maximum atomic E-state index is 4.33. The van der Waals surface area contributed by atoms with Gasteiger partial charge in [-0.3, -0.25) is 0 Å². The van der Waals surface area contributed by atoms with Gasteiger partial charge in [-0.25, -0.2) is 19.9 Å². The predicted molar refractivity (Wildman–Crippen MR) is 113 cm³/mol. The smallest absolute Gasteiger partial charge is 0.155 e. The number of hydrogen-bond donors (Lipinski definition) is 0. The van der Waals surface area contributed by atoms with Crippen molar-refractivity contribution < 1.29 is 0 Å². The Morgan fingerprint density at radius 2 is 1.56 bits per heavy atom. The molecule has 3 heterocycles. The number of aromatic nitrogens is 3. The van der Waals surface area contributed by atoms with Gasteiger partial charge in [-0.1, -0.05) is 47.6 Å². The van der Waals surface area contributed by atoms with Gasteiger partial charge in [-0.15, -0.1) is 0 Å². The number of benzene rings is 1. The summed E-state index contributed by atoms with van der Waals surface area (Å²) in [4.78, 5) is 16.7. The van der Waals surface area contributed by atoms with Crippen LogP contribution in [-0.2, 0) is 17.3 Å². The van der Waals surface area contributed by atoms with Crippen molar-refractivity contribution >= 4 is 22.9 Å². The molecule has 2 aromatic heterocycles. The fourth-order valence-corrected chi connectivity index (χ4v) is 2.86. The van der Waals surface area contributed by atoms with E-state index >= 15 is 0 Å². The van der Waals surface area contributed by atoms with Crippen LogP contribution in [0.25, 0.3) is 10.9 Å². The summed E-state index contributed by atoms with van der Waals surface area (Å²) in [6.45, 7) is 13.2. The lowest BCUT2D eigenvalue weighted by molar-refractivity contribution is 0.587. The maximum Gasteiger partial charge on any atom is 0.155 e. The highest BCUT2D eigenvalue weighted by molar-refractivity contribution is 5.78. The molecular weight excluding hydrogens is 332 g/mol. The molecule has 0 bridgehead atoms. The molecule has 0 atom stereocenters. The number of nitrogens with zero attached hydrogens (tertiary/aromatic N) is 4. The zero-order chi connectivity index (χ0) is 19.7. The molecule has 4 nitrogen and oxygen atoms in total. The van der Waals surface area contributed by atoms with Gasteiger partial charge in [0.05, 0.1) is 5.52 Å². The molecule has 4 heteroatoms. The monoisotopic (exact) mass is 360 g/mol. The minimum absolute atomic E-state index is 0.185. The lowest BCUT2D eigenvalue weighted by Gasteiger charge is -2.19. The van der Waals surface area contributed by atoms with Gasteiger partial charge >= 0.3 is 0 Å². The molecule has 0 saturated heterocycles. The second-order valence-electron chi connectivity index (χ2n) is 9.02. The number of pyridine rings is 1. The molecule has 0 amide bonds. The van der Waals surface area contributed by atoms with Gasteiger partial charge in [0.1, 0.15) is 6.33 Å². The van der Waals surface area contributed by atoms with E-state index in [0.717, 1.165) is 23.1 Å². The van der Waals surface area contributed by atoms with Gasteiger partial charge < -0.3 is 0 Å². The van der Waals surface area contributed by atoms with Crippen molar-refractivity contribution in [3.63, 3.8) is 0 Å². The zero-order valence-corrected chi connectivity index (χ0v) is 17.1. The topological polar surface area (TPSA) is 51.0 Å². The van der Waals surface area contributed by atoms with Crippen LogP contribution in [0.1, 0.15) is 58.2 Å². The van der Waals surface area contributed by atoms with E-state index in [1.807, 2.05) is 18.6 Å². The number of rotatable bonds is 0. The molecule has 140 valence electrons. The Bertz CT molecular complexity index is 976. The first-order valence-electron chi connectivity index (χ1n) is 9.37. The van der Waals surface area contributed by atoms with Crippen LogP contribution < -0.4 is 0 Å². The molecule has 0 spiro atoms. The molecule has 0 N–H and O–H groups in total. The highest BCUT2D eigenvalue weighted by atomic mass is 14.9. The van der Waals surface area contributed by atoms with Crippen LogP contribution >= 0.6 is 0 Å². The van der Waals surface area contributed by atoms with Crippen LogP contribution in [0.2, 0.25) is 0 Å². The summed E-state index contributed by atoms with van der Waals surface area (Å²) in [5.74, 6) is 0.896. The highest BCUT2D eigenvalue weighted by Crippen LogP contribution is 2.28. The highest BCUT2D eigenvalue weighted by Gasteiger charge is 2.17. The van der Waals surface area contributed by atoms with E-state index in [1.54, 1.807) is 6.33 Å². The van der Waals surface area contributed by atoms with Crippen molar-refractivity contribution in [2.75, 3.05) is 0 Å². The first-order chi connectivity index (χ1) is 12.6. The molecule has 0 radical (unpaired) electrons. The lowest BCUT2D eigenvalue weighted by Crippen LogP contribution is -2.11. The van der Waals surface area contributed by atoms with Gasteiger partial charge in [0.15, 0.2) is 5.82 Å². The fourth-order valence-electron chi connectivity index (χ4n) is 2.86. The van der Waals surface area contributed by atoms with E-state index in [9.17, 15) is 0 Å². The summed E-state index contributed by atoms with van der Waals surface area (Å²) in [6.07, 6.45) is 8.23. The Labute approximate surface area is 161 Å². The molecule has 0 fully saturated rings. The van der Waals surface area contributed by atoms with Crippen molar-refractivity contribution in [2.24, 2.45) is 4.99 Å². The van der Waals surface area contributed by atoms with Gasteiger partial charge in [-0.05, 0) is 40.2 Å². The SMILES string of the molecule is CC(C)(C)c1ccc2ncncc2c1.CC(C)(C)c1cnc2c(c1)CC=N2. The van der Waals surface area contributed by atoms with E-state index in [4.69, 9.17) is 0 Å². The minimum Gasteiger partial charge on any atom is -0.244 e. The molecule has 27 heavy (non-hydrogen) atoms. The number of aliphatic imine (C=N–C) groups is 1. The molecule has 0 saturated carbocycles. The molecule has 1 aliphatic rings. The Hall–Kier alpha value is -2.62. The quantitative estimate of drug-likeness (QED) is 0.527. The van der Waals surface area contributed by atoms with Gasteiger partial charge in [-0.2, -0.15) is 0 Å². The van der Waals surface area contributed by atoms with Gasteiger partial charge in [0, 0.05) is 36.0 Å². The van der Waals surface area contributed by atoms with Crippen molar-refractivity contribution in [2.45, 2.75) is 58.8 Å². The third-order valence-corrected chi connectivity index (χ3v) is 4.70. The number of fused-ring (bicyclic) bond motifs is 2. The Balaban J connectivity index is 0.000000156. The molecule has 1 aliphatic heterocycles. The molecule has 1 aromatic carbocycles. The molecular formula is C23H28N4. The Morgan fingerprint density at radius 3 is 2.26 bits per heavy atom. The first-order valence-corrected chi connectivity index (χ1v) is 9.37. The second-order valence-corrected chi connectivity index (χ2v) is 9.02. The van der Waals surface area contributed by atoms with Crippen molar-refractivity contribution in [3.05, 3.63) is 59.7 Å². The lowest BCUT2D eigenvalue weighted by atomic mass is 9.86. The van der Waals surface area contributed by atoms with E-state index in [2.05, 4.69) is 85.8 Å². The summed E-state index contributed by atoms with van der Waals surface area (Å²) in [7, 11) is 0. The van der Waals surface area contributed by atoms with Gasteiger partial charge in [0.2, 0.25) is 0 Å². The van der Waals surface area contributed by atoms with Crippen LogP contribution in [0.4, 0.5) is 5.82 Å². The van der Waals surface area contributed by atoms with Crippen LogP contribution in [-0.4, -0.2) is 21.2 Å². The van der Waals surface area contributed by atoms with Crippen molar-refractivity contribution in [1.29, 1.82) is 0 Å². The van der Waals surface area contributed by atoms with Crippen LogP contribution in [0, 0.1) is 0 Å². The standard InChI is InChI=1S/C12H14N2.C11H14N2/c1-12(2,3)10-4-5-11-9(6-10)7-13-8-14-11;1-11(2,3)9-6-8-4-5-12-10(8)13-7-9/h4-8H,1-3H3;5-7H,4H2,1-3H3. The zero-order valence-electron chi connectivity index (χ0n) is 17.1. The minimum atomic E-state index is 0.185. The summed E-state index contributed by atoms with van der Waals surface area (Å²) in [5.41, 5.74) is 5.24. The predicted octanol–water partition coefficient (Wildman–Crippen LogP) is 5.56. The molecule has 0 unspecified atom stereocenters. The Morgan fingerprint density at radius 1 is 0.815 bits per heavy atom. The summed E-state index contributed by atoms with van der Waals surface area (Å²) in [5, 5.41) is 1.11. The summed E-state index contributed by atoms with van der Waals surface area (Å²) < 4.78 is 0. The molecule has 0 aliphatic carbocycles. The molecule has 3 aromatic rings. The average molecular weight is 361 g/mol. The van der Waals surface area contributed by atoms with Crippen LogP contribution in [0.3, 0.4) is 0 Å². The fraction of sp³-hybridized carbons (Fsp3) is 0.391. The van der Waals surface area contributed by atoms with Crippen LogP contribution in [0.5, 0.6) is 0 Å². The third-order valence-electron chi connectivity index (χ3n) is 4.70. The third kappa shape index (κ3) is 4.57. The summed E-state index contributed by atoms with van der Waals surface area (Å²) >= 11 is 0. The number of hydrogen-bond acceptors (Lipinski definition) is 4. The van der Waals surface area contributed by atoms with E-state index in [0.29, 0.717) is 0 Å². The Kier molecular flexibility index (Phi) is 5.09.